The smallest absolute Gasteiger partial charge is 0.123 e. The van der Waals surface area contributed by atoms with Crippen LogP contribution in [0.25, 0.3) is 0 Å². The van der Waals surface area contributed by atoms with Crippen molar-refractivity contribution in [2.75, 3.05) is 38.2 Å². The lowest BCUT2D eigenvalue weighted by Gasteiger charge is -2.28. The maximum atomic E-state index is 13.5. The van der Waals surface area contributed by atoms with Gasteiger partial charge in [0.05, 0.1) is 12.3 Å². The Morgan fingerprint density at radius 2 is 2.17 bits per heavy atom. The number of nitrogens with zero attached hydrogens (tertiary/aromatic N) is 1. The molecule has 1 saturated heterocycles. The summed E-state index contributed by atoms with van der Waals surface area (Å²) in [5.41, 5.74) is 1.90. The first-order chi connectivity index (χ1) is 11.3. The third kappa shape index (κ3) is 4.06. The fraction of sp³-hybridized carbons (Fsp3) is 0.389. The van der Waals surface area contributed by atoms with Crippen LogP contribution in [-0.2, 0) is 10.2 Å². The first-order valence-electron chi connectivity index (χ1n) is 7.97. The van der Waals surface area contributed by atoms with Gasteiger partial charge in [0.15, 0.2) is 0 Å². The molecule has 5 heteroatoms. The van der Waals surface area contributed by atoms with E-state index in [-0.39, 0.29) is 11.2 Å². The molecule has 2 aromatic rings. The lowest BCUT2D eigenvalue weighted by Crippen LogP contribution is -2.40. The molecule has 0 spiro atoms. The molecular formula is C18H22FN3O. The zero-order valence-corrected chi connectivity index (χ0v) is 13.1. The second-order valence-corrected chi connectivity index (χ2v) is 5.94. The summed E-state index contributed by atoms with van der Waals surface area (Å²) in [6, 6.07) is 10.8. The summed E-state index contributed by atoms with van der Waals surface area (Å²) in [5, 5.41) is 6.79. The number of ether oxygens (including phenoxy) is 1. The van der Waals surface area contributed by atoms with E-state index in [0.29, 0.717) is 6.61 Å². The molecule has 122 valence electrons. The topological polar surface area (TPSA) is 46.2 Å². The largest absolute Gasteiger partial charge is 0.383 e. The van der Waals surface area contributed by atoms with Gasteiger partial charge in [-0.15, -0.1) is 0 Å². The SMILES string of the molecule is Fc1cccc(C2(CNCCNc3cccnc3)CCOC2)c1. The van der Waals surface area contributed by atoms with Crippen molar-refractivity contribution >= 4 is 5.69 Å². The van der Waals surface area contributed by atoms with Crippen molar-refractivity contribution in [3.05, 3.63) is 60.2 Å². The summed E-state index contributed by atoms with van der Waals surface area (Å²) < 4.78 is 19.1. The van der Waals surface area contributed by atoms with Crippen LogP contribution in [0.5, 0.6) is 0 Å². The highest BCUT2D eigenvalue weighted by Gasteiger charge is 2.36. The second-order valence-electron chi connectivity index (χ2n) is 5.94. The van der Waals surface area contributed by atoms with Gasteiger partial charge in [0.25, 0.3) is 0 Å². The number of hydrogen-bond acceptors (Lipinski definition) is 4. The third-order valence-corrected chi connectivity index (χ3v) is 4.30. The van der Waals surface area contributed by atoms with Gasteiger partial charge >= 0.3 is 0 Å². The van der Waals surface area contributed by atoms with E-state index < -0.39 is 0 Å². The Kier molecular flexibility index (Phi) is 5.20. The molecule has 0 bridgehead atoms. The fourth-order valence-electron chi connectivity index (χ4n) is 2.98. The quantitative estimate of drug-likeness (QED) is 0.771. The molecule has 1 atom stereocenters. The maximum Gasteiger partial charge on any atom is 0.123 e. The molecule has 3 rings (SSSR count). The predicted molar refractivity (Wildman–Crippen MR) is 89.1 cm³/mol. The zero-order valence-electron chi connectivity index (χ0n) is 13.1. The molecule has 4 nitrogen and oxygen atoms in total. The van der Waals surface area contributed by atoms with Crippen molar-refractivity contribution in [3.8, 4) is 0 Å². The highest BCUT2D eigenvalue weighted by Crippen LogP contribution is 2.32. The molecule has 1 aromatic carbocycles. The average Bonchev–Trinajstić information content (AvgIpc) is 3.06. The van der Waals surface area contributed by atoms with Crippen LogP contribution in [0.4, 0.5) is 10.1 Å². The van der Waals surface area contributed by atoms with E-state index in [1.807, 2.05) is 18.2 Å². The molecule has 0 saturated carbocycles. The van der Waals surface area contributed by atoms with Crippen molar-refractivity contribution < 1.29 is 9.13 Å². The molecule has 0 aliphatic carbocycles. The fourth-order valence-corrected chi connectivity index (χ4v) is 2.98. The van der Waals surface area contributed by atoms with Crippen LogP contribution >= 0.6 is 0 Å². The minimum atomic E-state index is -0.188. The summed E-state index contributed by atoms with van der Waals surface area (Å²) in [5.74, 6) is -0.188. The maximum absolute atomic E-state index is 13.5. The number of pyridine rings is 1. The van der Waals surface area contributed by atoms with Crippen molar-refractivity contribution in [1.82, 2.24) is 10.3 Å². The minimum absolute atomic E-state index is 0.129. The summed E-state index contributed by atoms with van der Waals surface area (Å²) in [7, 11) is 0. The van der Waals surface area contributed by atoms with Crippen LogP contribution in [0.2, 0.25) is 0 Å². The van der Waals surface area contributed by atoms with Crippen LogP contribution in [0, 0.1) is 5.82 Å². The van der Waals surface area contributed by atoms with Gasteiger partial charge in [0.1, 0.15) is 5.82 Å². The number of hydrogen-bond donors (Lipinski definition) is 2. The molecule has 0 amide bonds. The van der Waals surface area contributed by atoms with Gasteiger partial charge in [-0.05, 0) is 36.2 Å². The van der Waals surface area contributed by atoms with E-state index in [1.54, 1.807) is 24.5 Å². The van der Waals surface area contributed by atoms with Crippen LogP contribution in [0.3, 0.4) is 0 Å². The van der Waals surface area contributed by atoms with Gasteiger partial charge in [0.2, 0.25) is 0 Å². The Morgan fingerprint density at radius 1 is 1.22 bits per heavy atom. The van der Waals surface area contributed by atoms with Gasteiger partial charge in [-0.2, -0.15) is 0 Å². The standard InChI is InChI=1S/C18H22FN3O/c19-16-4-1-3-15(11-16)18(6-10-23-14-18)13-21-8-9-22-17-5-2-7-20-12-17/h1-5,7,11-12,21-22H,6,8-10,13-14H2. The first-order valence-corrected chi connectivity index (χ1v) is 7.97. The molecule has 1 aliphatic heterocycles. The van der Waals surface area contributed by atoms with Gasteiger partial charge < -0.3 is 15.4 Å². The van der Waals surface area contributed by atoms with Gasteiger partial charge in [-0.1, -0.05) is 12.1 Å². The average molecular weight is 315 g/mol. The number of anilines is 1. The Balaban J connectivity index is 1.52. The number of rotatable bonds is 7. The molecule has 1 aromatic heterocycles. The third-order valence-electron chi connectivity index (χ3n) is 4.30. The molecule has 1 fully saturated rings. The normalized spacial score (nSPS) is 20.6. The summed E-state index contributed by atoms with van der Waals surface area (Å²) in [6.45, 7) is 3.79. The number of halogens is 1. The highest BCUT2D eigenvalue weighted by molar-refractivity contribution is 5.39. The second kappa shape index (κ2) is 7.53. The zero-order chi connectivity index (χ0) is 16.0. The van der Waals surface area contributed by atoms with E-state index in [0.717, 1.165) is 43.9 Å². The Labute approximate surface area is 136 Å². The molecule has 23 heavy (non-hydrogen) atoms. The Bertz CT molecular complexity index is 615. The molecule has 1 unspecified atom stereocenters. The van der Waals surface area contributed by atoms with E-state index in [2.05, 4.69) is 15.6 Å². The summed E-state index contributed by atoms with van der Waals surface area (Å²) in [4.78, 5) is 4.07. The summed E-state index contributed by atoms with van der Waals surface area (Å²) in [6.07, 6.45) is 4.48. The predicted octanol–water partition coefficient (Wildman–Crippen LogP) is 2.58. The molecular weight excluding hydrogens is 293 g/mol. The van der Waals surface area contributed by atoms with Crippen molar-refractivity contribution in [2.45, 2.75) is 11.8 Å². The molecule has 0 radical (unpaired) electrons. The summed E-state index contributed by atoms with van der Waals surface area (Å²) >= 11 is 0. The van der Waals surface area contributed by atoms with E-state index >= 15 is 0 Å². The molecule has 1 aliphatic rings. The molecule has 2 N–H and O–H groups in total. The van der Waals surface area contributed by atoms with Crippen LogP contribution in [0.15, 0.2) is 48.8 Å². The van der Waals surface area contributed by atoms with Crippen LogP contribution in [0.1, 0.15) is 12.0 Å². The highest BCUT2D eigenvalue weighted by atomic mass is 19.1. The van der Waals surface area contributed by atoms with E-state index in [9.17, 15) is 4.39 Å². The Morgan fingerprint density at radius 3 is 2.91 bits per heavy atom. The first kappa shape index (κ1) is 15.9. The van der Waals surface area contributed by atoms with Gasteiger partial charge in [-0.3, -0.25) is 4.98 Å². The number of aromatic nitrogens is 1. The van der Waals surface area contributed by atoms with Crippen LogP contribution in [-0.4, -0.2) is 37.8 Å². The van der Waals surface area contributed by atoms with Gasteiger partial charge in [-0.25, -0.2) is 4.39 Å². The Hall–Kier alpha value is -1.98. The molecule has 2 heterocycles. The number of benzene rings is 1. The van der Waals surface area contributed by atoms with Gasteiger partial charge in [0, 0.05) is 44.0 Å². The monoisotopic (exact) mass is 315 g/mol. The lowest BCUT2D eigenvalue weighted by molar-refractivity contribution is 0.176. The lowest BCUT2D eigenvalue weighted by atomic mass is 9.79. The minimum Gasteiger partial charge on any atom is -0.383 e. The van der Waals surface area contributed by atoms with E-state index in [1.165, 1.54) is 6.07 Å². The van der Waals surface area contributed by atoms with Crippen LogP contribution < -0.4 is 10.6 Å². The van der Waals surface area contributed by atoms with Crippen molar-refractivity contribution in [3.63, 3.8) is 0 Å². The van der Waals surface area contributed by atoms with E-state index in [4.69, 9.17) is 4.74 Å². The number of nitrogens with one attached hydrogen (secondary N) is 2. The van der Waals surface area contributed by atoms with Crippen molar-refractivity contribution in [2.24, 2.45) is 0 Å². The van der Waals surface area contributed by atoms with Crippen molar-refractivity contribution in [1.29, 1.82) is 0 Å².